The fraction of sp³-hybridized carbons (Fsp3) is 0.280. The normalized spacial score (nSPS) is 19.0. The third kappa shape index (κ3) is 4.43. The number of benzene rings is 2. The van der Waals surface area contributed by atoms with E-state index in [0.717, 1.165) is 22.3 Å². The maximum Gasteiger partial charge on any atom is 0.411 e. The van der Waals surface area contributed by atoms with E-state index in [4.69, 9.17) is 10.3 Å². The summed E-state index contributed by atoms with van der Waals surface area (Å²) >= 11 is 0. The Morgan fingerprint density at radius 2 is 1.91 bits per heavy atom. The Hall–Kier alpha value is -3.83. The molecule has 0 saturated carbocycles. The third-order valence-corrected chi connectivity index (χ3v) is 6.11. The topological polar surface area (TPSA) is 91.2 Å². The fourth-order valence-electron chi connectivity index (χ4n) is 4.23. The Labute approximate surface area is 187 Å². The summed E-state index contributed by atoms with van der Waals surface area (Å²) in [6.07, 6.45) is 4.31. The second-order valence-electron chi connectivity index (χ2n) is 7.92. The molecule has 0 aliphatic carbocycles. The van der Waals surface area contributed by atoms with E-state index >= 15 is 0 Å². The molecule has 2 heterocycles. The first kappa shape index (κ1) is 21.4. The summed E-state index contributed by atoms with van der Waals surface area (Å²) in [5.74, 6) is 0. The van der Waals surface area contributed by atoms with Crippen molar-refractivity contribution in [1.82, 2.24) is 9.88 Å². The van der Waals surface area contributed by atoms with E-state index in [1.54, 1.807) is 11.1 Å². The number of rotatable bonds is 7. The largest absolute Gasteiger partial charge is 0.438 e. The quantitative estimate of drug-likeness (QED) is 0.253. The number of amides is 1. The second-order valence-corrected chi connectivity index (χ2v) is 7.92. The summed E-state index contributed by atoms with van der Waals surface area (Å²) in [6.45, 7) is 2.83. The van der Waals surface area contributed by atoms with Crippen molar-refractivity contribution in [1.29, 1.82) is 0 Å². The van der Waals surface area contributed by atoms with Gasteiger partial charge in [0.2, 0.25) is 0 Å². The number of nitrogens with zero attached hydrogens (tertiary/aromatic N) is 5. The van der Waals surface area contributed by atoms with Gasteiger partial charge in [-0.1, -0.05) is 65.8 Å². The summed E-state index contributed by atoms with van der Waals surface area (Å²) in [4.78, 5) is 21.9. The molecule has 3 aromatic rings. The average molecular weight is 428 g/mol. The van der Waals surface area contributed by atoms with Crippen molar-refractivity contribution in [3.63, 3.8) is 0 Å². The summed E-state index contributed by atoms with van der Waals surface area (Å²) < 4.78 is 6.05. The van der Waals surface area contributed by atoms with E-state index < -0.39 is 5.60 Å². The van der Waals surface area contributed by atoms with E-state index in [1.807, 2.05) is 79.9 Å². The highest BCUT2D eigenvalue weighted by atomic mass is 16.6. The van der Waals surface area contributed by atoms with Crippen molar-refractivity contribution >= 4 is 6.09 Å². The molecule has 0 unspecified atom stereocenters. The van der Waals surface area contributed by atoms with E-state index in [9.17, 15) is 4.79 Å². The molecule has 7 nitrogen and oxygen atoms in total. The van der Waals surface area contributed by atoms with Crippen molar-refractivity contribution in [3.05, 3.63) is 101 Å². The number of carbonyl (C=O) groups excluding carboxylic acids is 1. The van der Waals surface area contributed by atoms with Crippen molar-refractivity contribution in [2.75, 3.05) is 13.1 Å². The molecule has 2 aromatic carbocycles. The van der Waals surface area contributed by atoms with Crippen LogP contribution in [0.15, 0.2) is 84.2 Å². The van der Waals surface area contributed by atoms with Gasteiger partial charge in [-0.05, 0) is 47.2 Å². The van der Waals surface area contributed by atoms with Crippen LogP contribution in [0.25, 0.3) is 21.6 Å². The first-order chi connectivity index (χ1) is 15.6. The summed E-state index contributed by atoms with van der Waals surface area (Å²) in [7, 11) is 0. The molecular formula is C25H25N5O2. The van der Waals surface area contributed by atoms with Crippen molar-refractivity contribution in [2.24, 2.45) is 5.11 Å². The Balaban J connectivity index is 1.51. The number of aromatic nitrogens is 1. The Morgan fingerprint density at radius 1 is 1.12 bits per heavy atom. The van der Waals surface area contributed by atoms with Gasteiger partial charge in [0.1, 0.15) is 5.60 Å². The van der Waals surface area contributed by atoms with Crippen molar-refractivity contribution in [2.45, 2.75) is 31.4 Å². The molecule has 0 radical (unpaired) electrons. The molecule has 7 heteroatoms. The molecule has 1 aliphatic heterocycles. The highest BCUT2D eigenvalue weighted by Gasteiger charge is 2.43. The lowest BCUT2D eigenvalue weighted by Gasteiger charge is -2.43. The highest BCUT2D eigenvalue weighted by Crippen LogP contribution is 2.39. The number of cyclic esters (lactones) is 1. The Morgan fingerprint density at radius 3 is 2.56 bits per heavy atom. The van der Waals surface area contributed by atoms with Crippen LogP contribution in [0, 0.1) is 0 Å². The molecule has 1 amide bonds. The molecule has 32 heavy (non-hydrogen) atoms. The summed E-state index contributed by atoms with van der Waals surface area (Å²) in [6, 6.07) is 21.7. The molecule has 162 valence electrons. The number of ether oxygens (including phenoxy) is 1. The van der Waals surface area contributed by atoms with Crippen LogP contribution in [0.5, 0.6) is 0 Å². The average Bonchev–Trinajstić information content (AvgIpc) is 2.85. The van der Waals surface area contributed by atoms with Crippen LogP contribution in [0.2, 0.25) is 0 Å². The first-order valence-corrected chi connectivity index (χ1v) is 10.7. The minimum atomic E-state index is -0.785. The van der Waals surface area contributed by atoms with Gasteiger partial charge in [0.05, 0.1) is 6.04 Å². The van der Waals surface area contributed by atoms with Crippen LogP contribution >= 0.6 is 0 Å². The van der Waals surface area contributed by atoms with Gasteiger partial charge in [0.25, 0.3) is 0 Å². The molecule has 2 atom stereocenters. The minimum Gasteiger partial charge on any atom is -0.438 e. The van der Waals surface area contributed by atoms with E-state index in [0.29, 0.717) is 19.4 Å². The standard InChI is InChI=1S/C25H25N5O2/c1-19(20-9-11-21(12-10-20)22-6-5-15-27-18-22)30-17-14-25(32-24(30)31,13-16-28-29-26)23-7-3-2-4-8-23/h2-12,15,18-19H,13-14,16-17H2,1H3/t19-,25+/m0/s1. The summed E-state index contributed by atoms with van der Waals surface area (Å²) in [5.41, 5.74) is 12.0. The van der Waals surface area contributed by atoms with E-state index in [2.05, 4.69) is 15.0 Å². The molecule has 0 spiro atoms. The van der Waals surface area contributed by atoms with E-state index in [-0.39, 0.29) is 18.7 Å². The van der Waals surface area contributed by atoms with Crippen LogP contribution in [0.3, 0.4) is 0 Å². The van der Waals surface area contributed by atoms with Crippen LogP contribution < -0.4 is 0 Å². The lowest BCUT2D eigenvalue weighted by Crippen LogP contribution is -2.49. The maximum atomic E-state index is 13.1. The smallest absolute Gasteiger partial charge is 0.411 e. The SMILES string of the molecule is C[C@@H](c1ccc(-c2cccnc2)cc1)N1CC[C@](CCN=[N+]=[N-])(c2ccccc2)OC1=O. The second kappa shape index (κ2) is 9.54. The molecule has 4 rings (SSSR count). The van der Waals surface area contributed by atoms with Crippen molar-refractivity contribution < 1.29 is 9.53 Å². The number of pyridine rings is 1. The van der Waals surface area contributed by atoms with Gasteiger partial charge in [-0.2, -0.15) is 0 Å². The predicted octanol–water partition coefficient (Wildman–Crippen LogP) is 6.25. The number of azide groups is 1. The lowest BCUT2D eigenvalue weighted by molar-refractivity contribution is -0.0640. The molecule has 1 fully saturated rings. The molecule has 1 saturated heterocycles. The van der Waals surface area contributed by atoms with Crippen LogP contribution in [0.1, 0.15) is 36.9 Å². The zero-order chi connectivity index (χ0) is 22.4. The third-order valence-electron chi connectivity index (χ3n) is 6.11. The van der Waals surface area contributed by atoms with Gasteiger partial charge in [0.15, 0.2) is 0 Å². The Bertz CT molecular complexity index is 1100. The molecule has 1 aromatic heterocycles. The maximum absolute atomic E-state index is 13.1. The highest BCUT2D eigenvalue weighted by molar-refractivity contribution is 5.70. The number of carbonyl (C=O) groups is 1. The Kier molecular flexibility index (Phi) is 6.38. The molecule has 0 N–H and O–H groups in total. The first-order valence-electron chi connectivity index (χ1n) is 10.7. The van der Waals surface area contributed by atoms with Crippen LogP contribution in [-0.2, 0) is 10.3 Å². The lowest BCUT2D eigenvalue weighted by atomic mass is 9.85. The van der Waals surface area contributed by atoms with Gasteiger partial charge >= 0.3 is 6.09 Å². The van der Waals surface area contributed by atoms with Gasteiger partial charge in [-0.25, -0.2) is 4.79 Å². The van der Waals surface area contributed by atoms with E-state index in [1.165, 1.54) is 0 Å². The molecular weight excluding hydrogens is 402 g/mol. The molecule has 1 aliphatic rings. The number of hydrogen-bond acceptors (Lipinski definition) is 4. The van der Waals surface area contributed by atoms with Gasteiger partial charge in [-0.15, -0.1) is 0 Å². The monoisotopic (exact) mass is 427 g/mol. The predicted molar refractivity (Wildman–Crippen MR) is 123 cm³/mol. The van der Waals surface area contributed by atoms with Gasteiger partial charge < -0.3 is 9.64 Å². The van der Waals surface area contributed by atoms with Crippen LogP contribution in [-0.4, -0.2) is 29.1 Å². The fourth-order valence-corrected chi connectivity index (χ4v) is 4.23. The summed E-state index contributed by atoms with van der Waals surface area (Å²) in [5, 5.41) is 3.67. The van der Waals surface area contributed by atoms with Crippen molar-refractivity contribution in [3.8, 4) is 11.1 Å². The minimum absolute atomic E-state index is 0.128. The number of hydrogen-bond donors (Lipinski definition) is 0. The van der Waals surface area contributed by atoms with Crippen LogP contribution in [0.4, 0.5) is 4.79 Å². The van der Waals surface area contributed by atoms with Gasteiger partial charge in [0, 0.05) is 36.8 Å². The van der Waals surface area contributed by atoms with Gasteiger partial charge in [-0.3, -0.25) is 4.98 Å². The zero-order valence-electron chi connectivity index (χ0n) is 18.0. The zero-order valence-corrected chi connectivity index (χ0v) is 18.0. The molecule has 0 bridgehead atoms.